The monoisotopic (exact) mass is 474 g/mol. The van der Waals surface area contributed by atoms with Gasteiger partial charge >= 0.3 is 12.2 Å². The van der Waals surface area contributed by atoms with Gasteiger partial charge in [-0.2, -0.15) is 0 Å². The predicted molar refractivity (Wildman–Crippen MR) is 127 cm³/mol. The van der Waals surface area contributed by atoms with Crippen LogP contribution >= 0.6 is 24.8 Å². The number of carbonyl (C=O) groups is 2. The van der Waals surface area contributed by atoms with Gasteiger partial charge in [0.2, 0.25) is 0 Å². The van der Waals surface area contributed by atoms with Crippen LogP contribution < -0.4 is 16.4 Å². The molecule has 0 fully saturated rings. The maximum Gasteiger partial charge on any atom is 0.407 e. The number of nitrogens with two attached hydrogens (primary N) is 1. The van der Waals surface area contributed by atoms with Crippen LogP contribution in [0.15, 0.2) is 0 Å². The third kappa shape index (κ3) is 23.3. The molecule has 0 aromatic carbocycles. The van der Waals surface area contributed by atoms with Crippen LogP contribution in [0, 0.1) is 0 Å². The Bertz CT molecular complexity index is 366. The van der Waals surface area contributed by atoms with Crippen molar-refractivity contribution in [1.82, 2.24) is 15.5 Å². The molecule has 0 spiro atoms. The van der Waals surface area contributed by atoms with E-state index in [0.29, 0.717) is 39.4 Å². The van der Waals surface area contributed by atoms with E-state index < -0.39 is 0 Å². The van der Waals surface area contributed by atoms with Gasteiger partial charge in [0.25, 0.3) is 0 Å². The Morgan fingerprint density at radius 3 is 1.63 bits per heavy atom. The lowest BCUT2D eigenvalue weighted by Gasteiger charge is -2.22. The van der Waals surface area contributed by atoms with Gasteiger partial charge in [-0.05, 0) is 38.8 Å². The molecule has 2 amide bonds. The Morgan fingerprint density at radius 2 is 1.20 bits per heavy atom. The van der Waals surface area contributed by atoms with Crippen molar-refractivity contribution >= 4 is 37.0 Å². The first kappa shape index (κ1) is 33.7. The van der Waals surface area contributed by atoms with E-state index in [1.807, 2.05) is 0 Å². The molecule has 0 aromatic rings. The summed E-state index contributed by atoms with van der Waals surface area (Å²) in [5, 5.41) is 5.47. The van der Waals surface area contributed by atoms with Gasteiger partial charge in [0.05, 0.1) is 0 Å². The Balaban J connectivity index is -0.00000364. The van der Waals surface area contributed by atoms with Gasteiger partial charge in [-0.1, -0.05) is 39.5 Å². The molecule has 0 bridgehead atoms. The van der Waals surface area contributed by atoms with E-state index in [9.17, 15) is 9.59 Å². The minimum absolute atomic E-state index is 0. The highest BCUT2D eigenvalue weighted by molar-refractivity contribution is 5.85. The third-order valence-corrected chi connectivity index (χ3v) is 4.31. The molecule has 0 aliphatic rings. The number of hydrogen-bond donors (Lipinski definition) is 3. The molecule has 0 heterocycles. The summed E-state index contributed by atoms with van der Waals surface area (Å²) < 4.78 is 10.5. The van der Waals surface area contributed by atoms with Crippen molar-refractivity contribution in [2.75, 3.05) is 52.5 Å². The number of alkyl carbamates (subject to hydrolysis) is 2. The second-order valence-corrected chi connectivity index (χ2v) is 6.88. The lowest BCUT2D eigenvalue weighted by molar-refractivity contribution is 0.106. The number of carbonyl (C=O) groups excluding carboxylic acids is 2. The maximum absolute atomic E-state index is 11.6. The molecule has 10 heteroatoms. The Morgan fingerprint density at radius 1 is 0.733 bits per heavy atom. The number of ether oxygens (including phenoxy) is 2. The van der Waals surface area contributed by atoms with Gasteiger partial charge < -0.3 is 25.8 Å². The normalized spacial score (nSPS) is 10.0. The quantitative estimate of drug-likeness (QED) is 0.261. The zero-order chi connectivity index (χ0) is 20.9. The molecule has 0 unspecified atom stereocenters. The average Bonchev–Trinajstić information content (AvgIpc) is 2.67. The van der Waals surface area contributed by atoms with Crippen LogP contribution in [0.1, 0.15) is 65.2 Å². The van der Waals surface area contributed by atoms with Crippen LogP contribution in [0.25, 0.3) is 0 Å². The van der Waals surface area contributed by atoms with E-state index in [1.165, 1.54) is 0 Å². The van der Waals surface area contributed by atoms with Gasteiger partial charge in [-0.3, -0.25) is 4.90 Å². The van der Waals surface area contributed by atoms with Crippen LogP contribution in [0.2, 0.25) is 0 Å². The Kier molecular flexibility index (Phi) is 29.3. The van der Waals surface area contributed by atoms with Gasteiger partial charge in [0.15, 0.2) is 0 Å². The number of amides is 2. The fourth-order valence-electron chi connectivity index (χ4n) is 2.54. The fraction of sp³-hybridized carbons (Fsp3) is 0.900. The second kappa shape index (κ2) is 26.1. The molecular weight excluding hydrogens is 431 g/mol. The predicted octanol–water partition coefficient (Wildman–Crippen LogP) is 3.70. The number of unbranched alkanes of at least 4 members (excludes halogenated alkanes) is 5. The molecule has 4 N–H and O–H groups in total. The number of hydrogen-bond acceptors (Lipinski definition) is 6. The van der Waals surface area contributed by atoms with Crippen molar-refractivity contribution in [2.24, 2.45) is 5.73 Å². The number of rotatable bonds is 18. The summed E-state index contributed by atoms with van der Waals surface area (Å²) in [6, 6.07) is 0. The van der Waals surface area contributed by atoms with Crippen molar-refractivity contribution in [1.29, 1.82) is 0 Å². The first-order valence-electron chi connectivity index (χ1n) is 10.9. The number of nitrogens with zero attached hydrogens (tertiary/aromatic N) is 1. The van der Waals surface area contributed by atoms with Crippen LogP contribution in [0.5, 0.6) is 0 Å². The largest absolute Gasteiger partial charge is 0.448 e. The molecule has 0 radical (unpaired) electrons. The highest BCUT2D eigenvalue weighted by Crippen LogP contribution is 2.02. The SMILES string of the molecule is CCCCNC(=O)OCCN(CCCCCCN)CCOC(=O)NCCCC.Cl.Cl. The summed E-state index contributed by atoms with van der Waals surface area (Å²) in [4.78, 5) is 25.4. The van der Waals surface area contributed by atoms with Crippen molar-refractivity contribution in [3.63, 3.8) is 0 Å². The third-order valence-electron chi connectivity index (χ3n) is 4.31. The molecule has 0 aliphatic heterocycles. The molecule has 0 saturated carbocycles. The van der Waals surface area contributed by atoms with E-state index in [-0.39, 0.29) is 37.0 Å². The smallest absolute Gasteiger partial charge is 0.407 e. The summed E-state index contributed by atoms with van der Waals surface area (Å²) in [5.74, 6) is 0. The lowest BCUT2D eigenvalue weighted by Crippen LogP contribution is -2.35. The zero-order valence-corrected chi connectivity index (χ0v) is 20.4. The molecular formula is C20H44Cl2N4O4. The minimum Gasteiger partial charge on any atom is -0.448 e. The van der Waals surface area contributed by atoms with E-state index in [2.05, 4.69) is 29.4 Å². The topological polar surface area (TPSA) is 106 Å². The second-order valence-electron chi connectivity index (χ2n) is 6.88. The number of halogens is 2. The van der Waals surface area contributed by atoms with Gasteiger partial charge in [0, 0.05) is 26.2 Å². The van der Waals surface area contributed by atoms with Crippen molar-refractivity contribution < 1.29 is 19.1 Å². The Hall–Kier alpha value is -0.960. The number of nitrogens with one attached hydrogen (secondary N) is 2. The average molecular weight is 476 g/mol. The minimum atomic E-state index is -0.372. The summed E-state index contributed by atoms with van der Waals surface area (Å²) in [6.45, 7) is 8.93. The van der Waals surface area contributed by atoms with Gasteiger partial charge in [-0.25, -0.2) is 9.59 Å². The van der Waals surface area contributed by atoms with Gasteiger partial charge in [-0.15, -0.1) is 24.8 Å². The van der Waals surface area contributed by atoms with Crippen LogP contribution in [-0.2, 0) is 9.47 Å². The van der Waals surface area contributed by atoms with Crippen molar-refractivity contribution in [3.05, 3.63) is 0 Å². The van der Waals surface area contributed by atoms with Crippen molar-refractivity contribution in [2.45, 2.75) is 65.2 Å². The molecule has 30 heavy (non-hydrogen) atoms. The molecule has 182 valence electrons. The van der Waals surface area contributed by atoms with Crippen LogP contribution in [-0.4, -0.2) is 69.6 Å². The van der Waals surface area contributed by atoms with E-state index in [4.69, 9.17) is 15.2 Å². The summed E-state index contributed by atoms with van der Waals surface area (Å²) in [5.41, 5.74) is 5.53. The van der Waals surface area contributed by atoms with E-state index in [0.717, 1.165) is 64.5 Å². The summed E-state index contributed by atoms with van der Waals surface area (Å²) >= 11 is 0. The van der Waals surface area contributed by atoms with Gasteiger partial charge in [0.1, 0.15) is 13.2 Å². The molecule has 0 aromatic heterocycles. The molecule has 0 rings (SSSR count). The van der Waals surface area contributed by atoms with Crippen molar-refractivity contribution in [3.8, 4) is 0 Å². The fourth-order valence-corrected chi connectivity index (χ4v) is 2.54. The van der Waals surface area contributed by atoms with E-state index >= 15 is 0 Å². The highest BCUT2D eigenvalue weighted by Gasteiger charge is 2.09. The lowest BCUT2D eigenvalue weighted by atomic mass is 10.2. The highest BCUT2D eigenvalue weighted by atomic mass is 35.5. The molecule has 0 saturated heterocycles. The van der Waals surface area contributed by atoms with Crippen LogP contribution in [0.4, 0.5) is 9.59 Å². The summed E-state index contributed by atoms with van der Waals surface area (Å²) in [6.07, 6.45) is 7.54. The molecule has 0 aliphatic carbocycles. The Labute approximate surface area is 195 Å². The van der Waals surface area contributed by atoms with E-state index in [1.54, 1.807) is 0 Å². The van der Waals surface area contributed by atoms with Crippen LogP contribution in [0.3, 0.4) is 0 Å². The zero-order valence-electron chi connectivity index (χ0n) is 18.8. The maximum atomic E-state index is 11.6. The molecule has 8 nitrogen and oxygen atoms in total. The standard InChI is InChI=1S/C20H42N4O4.2ClH/c1-3-5-12-22-19(25)27-17-15-24(14-10-8-7-9-11-21)16-18-28-20(26)23-13-6-4-2;;/h3-18,21H2,1-2H3,(H,22,25)(H,23,26);2*1H. The molecule has 0 atom stereocenters. The first-order chi connectivity index (χ1) is 13.6. The summed E-state index contributed by atoms with van der Waals surface area (Å²) in [7, 11) is 0. The first-order valence-corrected chi connectivity index (χ1v) is 10.9.